The third-order valence-corrected chi connectivity index (χ3v) is 3.54. The van der Waals surface area contributed by atoms with Gasteiger partial charge in [-0.1, -0.05) is 18.2 Å². The second kappa shape index (κ2) is 6.89. The molecule has 0 bridgehead atoms. The summed E-state index contributed by atoms with van der Waals surface area (Å²) in [5.74, 6) is 1.40. The van der Waals surface area contributed by atoms with Crippen LogP contribution in [0.3, 0.4) is 0 Å². The minimum atomic E-state index is -0.0850. The van der Waals surface area contributed by atoms with Crippen molar-refractivity contribution in [1.29, 1.82) is 0 Å². The molecular weight excluding hydrogens is 276 g/mol. The number of hydrogen-bond donors (Lipinski definition) is 0. The summed E-state index contributed by atoms with van der Waals surface area (Å²) in [7, 11) is 0. The van der Waals surface area contributed by atoms with Gasteiger partial charge in [0.25, 0.3) is 0 Å². The molecule has 1 aliphatic heterocycles. The second-order valence-corrected chi connectivity index (χ2v) is 5.21. The number of Topliss-reactive ketones (excluding diaryl/α,β-unsaturated/α-hetero) is 1. The molecule has 1 saturated heterocycles. The van der Waals surface area contributed by atoms with E-state index in [2.05, 4.69) is 5.10 Å². The highest BCUT2D eigenvalue weighted by atomic mass is 16.5. The van der Waals surface area contributed by atoms with E-state index < -0.39 is 0 Å². The Morgan fingerprint density at radius 1 is 0.955 bits per heavy atom. The number of carbonyl (C=O) groups is 1. The Balaban J connectivity index is 1.62. The van der Waals surface area contributed by atoms with Crippen LogP contribution in [0.15, 0.2) is 59.7 Å². The second-order valence-electron chi connectivity index (χ2n) is 5.21. The first-order valence-electron chi connectivity index (χ1n) is 7.47. The lowest BCUT2D eigenvalue weighted by Gasteiger charge is -2.08. The van der Waals surface area contributed by atoms with Crippen LogP contribution in [0.2, 0.25) is 0 Å². The molecule has 22 heavy (non-hydrogen) atoms. The van der Waals surface area contributed by atoms with Crippen LogP contribution in [0.5, 0.6) is 11.5 Å². The number of rotatable bonds is 5. The molecule has 4 nitrogen and oxygen atoms in total. The number of hydrazone groups is 1. The Hall–Kier alpha value is -2.62. The summed E-state index contributed by atoms with van der Waals surface area (Å²) in [5.41, 5.74) is 0.614. The van der Waals surface area contributed by atoms with Crippen LogP contribution < -0.4 is 4.74 Å². The van der Waals surface area contributed by atoms with Crippen molar-refractivity contribution in [3.63, 3.8) is 0 Å². The van der Waals surface area contributed by atoms with Crippen LogP contribution in [0.1, 0.15) is 23.2 Å². The average molecular weight is 294 g/mol. The van der Waals surface area contributed by atoms with Gasteiger partial charge in [-0.15, -0.1) is 0 Å². The quantitative estimate of drug-likeness (QED) is 0.623. The molecule has 1 fully saturated rings. The number of nitrogens with zero attached hydrogens (tertiary/aromatic N) is 2. The van der Waals surface area contributed by atoms with Crippen LogP contribution in [-0.4, -0.2) is 30.1 Å². The molecule has 0 amide bonds. The van der Waals surface area contributed by atoms with Gasteiger partial charge in [-0.05, 0) is 49.2 Å². The van der Waals surface area contributed by atoms with Crippen LogP contribution >= 0.6 is 0 Å². The van der Waals surface area contributed by atoms with Crippen LogP contribution in [0.25, 0.3) is 0 Å². The standard InChI is InChI=1S/C18H18N2O2/c21-18(14-19-20-12-4-5-13-20)15-8-10-17(11-9-15)22-16-6-2-1-3-7-16/h1-3,6-11,14H,4-5,12-13H2/b19-14+. The molecule has 112 valence electrons. The number of hydrogen-bond acceptors (Lipinski definition) is 4. The molecule has 1 heterocycles. The van der Waals surface area contributed by atoms with Gasteiger partial charge in [-0.3, -0.25) is 9.80 Å². The van der Waals surface area contributed by atoms with Crippen molar-refractivity contribution in [2.24, 2.45) is 5.10 Å². The van der Waals surface area contributed by atoms with E-state index in [9.17, 15) is 4.79 Å². The van der Waals surface area contributed by atoms with E-state index >= 15 is 0 Å². The topological polar surface area (TPSA) is 41.9 Å². The van der Waals surface area contributed by atoms with Crippen molar-refractivity contribution < 1.29 is 9.53 Å². The third kappa shape index (κ3) is 3.73. The summed E-state index contributed by atoms with van der Waals surface area (Å²) < 4.78 is 5.70. The van der Waals surface area contributed by atoms with Gasteiger partial charge in [-0.25, -0.2) is 0 Å². The molecule has 2 aromatic carbocycles. The maximum absolute atomic E-state index is 12.1. The van der Waals surface area contributed by atoms with E-state index in [0.29, 0.717) is 11.3 Å². The highest BCUT2D eigenvalue weighted by Crippen LogP contribution is 2.21. The zero-order valence-corrected chi connectivity index (χ0v) is 12.3. The summed E-state index contributed by atoms with van der Waals surface area (Å²) >= 11 is 0. The largest absolute Gasteiger partial charge is 0.457 e. The number of carbonyl (C=O) groups excluding carboxylic acids is 1. The predicted octanol–water partition coefficient (Wildman–Crippen LogP) is 3.74. The van der Waals surface area contributed by atoms with E-state index in [0.717, 1.165) is 31.7 Å². The summed E-state index contributed by atoms with van der Waals surface area (Å²) in [6.45, 7) is 1.88. The lowest BCUT2D eigenvalue weighted by Crippen LogP contribution is -2.13. The first-order chi connectivity index (χ1) is 10.8. The molecule has 0 unspecified atom stereocenters. The highest BCUT2D eigenvalue weighted by Gasteiger charge is 2.09. The Kier molecular flexibility index (Phi) is 4.49. The Bertz CT molecular complexity index is 645. The molecule has 3 rings (SSSR count). The van der Waals surface area contributed by atoms with Crippen LogP contribution in [-0.2, 0) is 0 Å². The average Bonchev–Trinajstić information content (AvgIpc) is 3.08. The van der Waals surface area contributed by atoms with E-state index in [1.165, 1.54) is 6.21 Å². The van der Waals surface area contributed by atoms with Gasteiger partial charge in [0.15, 0.2) is 0 Å². The van der Waals surface area contributed by atoms with Crippen molar-refractivity contribution in [3.8, 4) is 11.5 Å². The fraction of sp³-hybridized carbons (Fsp3) is 0.222. The molecule has 2 aromatic rings. The smallest absolute Gasteiger partial charge is 0.205 e. The maximum atomic E-state index is 12.1. The molecule has 0 aromatic heterocycles. The number of ketones is 1. The van der Waals surface area contributed by atoms with Crippen molar-refractivity contribution in [3.05, 3.63) is 60.2 Å². The molecule has 1 aliphatic rings. The van der Waals surface area contributed by atoms with Gasteiger partial charge in [-0.2, -0.15) is 5.10 Å². The molecular formula is C18H18N2O2. The van der Waals surface area contributed by atoms with Gasteiger partial charge in [0, 0.05) is 18.7 Å². The zero-order valence-electron chi connectivity index (χ0n) is 12.3. The van der Waals surface area contributed by atoms with Crippen molar-refractivity contribution >= 4 is 12.0 Å². The Labute approximate surface area is 130 Å². The minimum Gasteiger partial charge on any atom is -0.457 e. The summed E-state index contributed by atoms with van der Waals surface area (Å²) in [6.07, 6.45) is 3.70. The Morgan fingerprint density at radius 2 is 1.59 bits per heavy atom. The summed E-state index contributed by atoms with van der Waals surface area (Å²) in [6, 6.07) is 16.7. The van der Waals surface area contributed by atoms with E-state index in [4.69, 9.17) is 4.74 Å². The molecule has 0 aliphatic carbocycles. The first-order valence-corrected chi connectivity index (χ1v) is 7.47. The molecule has 0 spiro atoms. The fourth-order valence-electron chi connectivity index (χ4n) is 2.34. The fourth-order valence-corrected chi connectivity index (χ4v) is 2.34. The van der Waals surface area contributed by atoms with E-state index in [-0.39, 0.29) is 5.78 Å². The van der Waals surface area contributed by atoms with Crippen molar-refractivity contribution in [2.75, 3.05) is 13.1 Å². The number of benzene rings is 2. The highest BCUT2D eigenvalue weighted by molar-refractivity contribution is 6.35. The first kappa shape index (κ1) is 14.3. The molecule has 0 saturated carbocycles. The summed E-state index contributed by atoms with van der Waals surface area (Å²) in [5, 5.41) is 6.15. The van der Waals surface area contributed by atoms with Crippen molar-refractivity contribution in [2.45, 2.75) is 12.8 Å². The van der Waals surface area contributed by atoms with E-state index in [1.807, 2.05) is 35.3 Å². The monoisotopic (exact) mass is 294 g/mol. The Morgan fingerprint density at radius 3 is 2.27 bits per heavy atom. The van der Waals surface area contributed by atoms with Gasteiger partial charge < -0.3 is 4.74 Å². The normalized spacial score (nSPS) is 14.5. The van der Waals surface area contributed by atoms with Crippen LogP contribution in [0.4, 0.5) is 0 Å². The minimum absolute atomic E-state index is 0.0850. The third-order valence-electron chi connectivity index (χ3n) is 3.54. The zero-order chi connectivity index (χ0) is 15.2. The van der Waals surface area contributed by atoms with Gasteiger partial charge in [0.2, 0.25) is 5.78 Å². The molecule has 0 atom stereocenters. The van der Waals surface area contributed by atoms with E-state index in [1.54, 1.807) is 24.3 Å². The van der Waals surface area contributed by atoms with Gasteiger partial charge in [0.05, 0.1) is 6.21 Å². The lowest BCUT2D eigenvalue weighted by molar-refractivity contribution is 0.106. The van der Waals surface area contributed by atoms with Crippen molar-refractivity contribution in [1.82, 2.24) is 5.01 Å². The predicted molar refractivity (Wildman–Crippen MR) is 86.6 cm³/mol. The van der Waals surface area contributed by atoms with Crippen LogP contribution in [0, 0.1) is 0 Å². The van der Waals surface area contributed by atoms with Gasteiger partial charge >= 0.3 is 0 Å². The van der Waals surface area contributed by atoms with Gasteiger partial charge in [0.1, 0.15) is 11.5 Å². The molecule has 0 N–H and O–H groups in total. The lowest BCUT2D eigenvalue weighted by atomic mass is 10.1. The number of para-hydroxylation sites is 1. The SMILES string of the molecule is O=C(/C=N/N1CCCC1)c1ccc(Oc2ccccc2)cc1. The molecule has 0 radical (unpaired) electrons. The maximum Gasteiger partial charge on any atom is 0.205 e. The number of ether oxygens (including phenoxy) is 1. The summed E-state index contributed by atoms with van der Waals surface area (Å²) in [4.78, 5) is 12.1. The molecule has 4 heteroatoms.